The first kappa shape index (κ1) is 15.1. The van der Waals surface area contributed by atoms with Gasteiger partial charge in [0, 0.05) is 12.6 Å². The molecule has 0 saturated heterocycles. The Morgan fingerprint density at radius 1 is 1.56 bits per heavy atom. The lowest BCUT2D eigenvalue weighted by Crippen LogP contribution is -2.38. The van der Waals surface area contributed by atoms with E-state index in [1.165, 1.54) is 10.5 Å². The Labute approximate surface area is 110 Å². The van der Waals surface area contributed by atoms with Crippen LogP contribution >= 0.6 is 11.3 Å². The quantitative estimate of drug-likeness (QED) is 0.854. The number of sulfonamides is 1. The molecule has 0 bridgehead atoms. The van der Waals surface area contributed by atoms with Gasteiger partial charge in [-0.25, -0.2) is 13.4 Å². The van der Waals surface area contributed by atoms with E-state index in [-0.39, 0.29) is 23.2 Å². The number of carbonyl (C=O) groups is 1. The van der Waals surface area contributed by atoms with Crippen LogP contribution in [0.2, 0.25) is 0 Å². The molecule has 8 heteroatoms. The van der Waals surface area contributed by atoms with Gasteiger partial charge in [0.05, 0.1) is 17.6 Å². The predicted octanol–water partition coefficient (Wildman–Crippen LogP) is 1.33. The SMILES string of the molecule is Cc1ncc(S(=O)(=O)N(CCC(=O)O)C(C)C)s1. The zero-order chi connectivity index (χ0) is 13.9. The molecule has 0 aromatic carbocycles. The Hall–Kier alpha value is -0.990. The third-order valence-corrected chi connectivity index (χ3v) is 5.71. The summed E-state index contributed by atoms with van der Waals surface area (Å²) in [7, 11) is -3.65. The fourth-order valence-corrected chi connectivity index (χ4v) is 4.31. The number of carboxylic acid groups (broad SMARTS) is 1. The summed E-state index contributed by atoms with van der Waals surface area (Å²) in [5.41, 5.74) is 0. The molecule has 0 aliphatic carbocycles. The third-order valence-electron chi connectivity index (χ3n) is 2.29. The third kappa shape index (κ3) is 3.50. The lowest BCUT2D eigenvalue weighted by molar-refractivity contribution is -0.137. The summed E-state index contributed by atoms with van der Waals surface area (Å²) < 4.78 is 25.9. The number of aliphatic carboxylic acids is 1. The molecule has 0 saturated carbocycles. The van der Waals surface area contributed by atoms with E-state index in [0.717, 1.165) is 11.3 Å². The number of nitrogens with zero attached hydrogens (tertiary/aromatic N) is 2. The van der Waals surface area contributed by atoms with Crippen LogP contribution in [0.4, 0.5) is 0 Å². The maximum Gasteiger partial charge on any atom is 0.304 e. The fourth-order valence-electron chi connectivity index (χ4n) is 1.44. The van der Waals surface area contributed by atoms with Crippen molar-refractivity contribution in [2.24, 2.45) is 0 Å². The highest BCUT2D eigenvalue weighted by Gasteiger charge is 2.29. The van der Waals surface area contributed by atoms with E-state index in [0.29, 0.717) is 5.01 Å². The first-order valence-electron chi connectivity index (χ1n) is 5.41. The smallest absolute Gasteiger partial charge is 0.304 e. The van der Waals surface area contributed by atoms with Gasteiger partial charge in [-0.2, -0.15) is 4.31 Å². The van der Waals surface area contributed by atoms with E-state index >= 15 is 0 Å². The molecule has 1 aromatic rings. The number of hydrogen-bond acceptors (Lipinski definition) is 5. The molecule has 0 unspecified atom stereocenters. The van der Waals surface area contributed by atoms with Crippen molar-refractivity contribution in [3.8, 4) is 0 Å². The van der Waals surface area contributed by atoms with Crippen LogP contribution in [0, 0.1) is 6.92 Å². The van der Waals surface area contributed by atoms with Crippen LogP contribution in [0.25, 0.3) is 0 Å². The van der Waals surface area contributed by atoms with Crippen LogP contribution in [-0.2, 0) is 14.8 Å². The molecule has 1 N–H and O–H groups in total. The highest BCUT2D eigenvalue weighted by molar-refractivity contribution is 7.91. The Morgan fingerprint density at radius 3 is 2.56 bits per heavy atom. The molecular weight excluding hydrogens is 276 g/mol. The summed E-state index contributed by atoms with van der Waals surface area (Å²) in [6, 6.07) is -0.295. The van der Waals surface area contributed by atoms with E-state index in [4.69, 9.17) is 5.11 Å². The van der Waals surface area contributed by atoms with Crippen LogP contribution in [0.5, 0.6) is 0 Å². The summed E-state index contributed by atoms with van der Waals surface area (Å²) >= 11 is 1.09. The van der Waals surface area contributed by atoms with Gasteiger partial charge in [0.1, 0.15) is 0 Å². The minimum absolute atomic E-state index is 0.0354. The maximum atomic E-state index is 12.3. The lowest BCUT2D eigenvalue weighted by atomic mass is 10.3. The molecule has 0 aliphatic heterocycles. The van der Waals surface area contributed by atoms with Gasteiger partial charge in [0.25, 0.3) is 10.0 Å². The van der Waals surface area contributed by atoms with Crippen LogP contribution in [0.3, 0.4) is 0 Å². The zero-order valence-electron chi connectivity index (χ0n) is 10.5. The zero-order valence-corrected chi connectivity index (χ0v) is 12.1. The predicted molar refractivity (Wildman–Crippen MR) is 68.1 cm³/mol. The van der Waals surface area contributed by atoms with Gasteiger partial charge in [-0.05, 0) is 20.8 Å². The first-order chi connectivity index (χ1) is 8.25. The number of carboxylic acids is 1. The molecule has 1 rings (SSSR count). The molecule has 0 fully saturated rings. The van der Waals surface area contributed by atoms with Crippen LogP contribution < -0.4 is 0 Å². The van der Waals surface area contributed by atoms with E-state index in [9.17, 15) is 13.2 Å². The Morgan fingerprint density at radius 2 is 2.17 bits per heavy atom. The van der Waals surface area contributed by atoms with E-state index in [1.54, 1.807) is 20.8 Å². The molecular formula is C10H16N2O4S2. The molecule has 6 nitrogen and oxygen atoms in total. The van der Waals surface area contributed by atoms with Gasteiger partial charge < -0.3 is 5.11 Å². The number of rotatable bonds is 6. The normalized spacial score (nSPS) is 12.3. The minimum Gasteiger partial charge on any atom is -0.481 e. The standard InChI is InChI=1S/C10H16N2O4S2/c1-7(2)12(5-4-9(13)14)18(15,16)10-6-11-8(3)17-10/h6-7H,4-5H2,1-3H3,(H,13,14). The Kier molecular flexibility index (Phi) is 4.83. The summed E-state index contributed by atoms with van der Waals surface area (Å²) in [6.07, 6.45) is 1.10. The molecule has 1 heterocycles. The first-order valence-corrected chi connectivity index (χ1v) is 7.67. The molecule has 0 spiro atoms. The van der Waals surface area contributed by atoms with E-state index < -0.39 is 16.0 Å². The van der Waals surface area contributed by atoms with Gasteiger partial charge in [-0.3, -0.25) is 4.79 Å². The maximum absolute atomic E-state index is 12.3. The number of aryl methyl sites for hydroxylation is 1. The number of aromatic nitrogens is 1. The second kappa shape index (κ2) is 5.77. The van der Waals surface area contributed by atoms with Crippen LogP contribution in [0.15, 0.2) is 10.4 Å². The monoisotopic (exact) mass is 292 g/mol. The molecule has 0 amide bonds. The van der Waals surface area contributed by atoms with Gasteiger partial charge in [-0.15, -0.1) is 11.3 Å². The van der Waals surface area contributed by atoms with Crippen molar-refractivity contribution in [1.82, 2.24) is 9.29 Å². The van der Waals surface area contributed by atoms with Crippen molar-refractivity contribution < 1.29 is 18.3 Å². The van der Waals surface area contributed by atoms with Gasteiger partial charge in [-0.1, -0.05) is 0 Å². The summed E-state index contributed by atoms with van der Waals surface area (Å²) in [5, 5.41) is 9.32. The van der Waals surface area contributed by atoms with Crippen molar-refractivity contribution in [2.75, 3.05) is 6.54 Å². The molecule has 18 heavy (non-hydrogen) atoms. The topological polar surface area (TPSA) is 87.6 Å². The van der Waals surface area contributed by atoms with Crippen molar-refractivity contribution in [3.63, 3.8) is 0 Å². The van der Waals surface area contributed by atoms with Crippen molar-refractivity contribution in [1.29, 1.82) is 0 Å². The van der Waals surface area contributed by atoms with Gasteiger partial charge in [0.2, 0.25) is 0 Å². The highest BCUT2D eigenvalue weighted by Crippen LogP contribution is 2.23. The number of hydrogen-bond donors (Lipinski definition) is 1. The van der Waals surface area contributed by atoms with Gasteiger partial charge in [0.15, 0.2) is 4.21 Å². The van der Waals surface area contributed by atoms with Gasteiger partial charge >= 0.3 is 5.97 Å². The number of thiazole rings is 1. The van der Waals surface area contributed by atoms with Crippen molar-refractivity contribution in [2.45, 2.75) is 37.4 Å². The lowest BCUT2D eigenvalue weighted by Gasteiger charge is -2.24. The van der Waals surface area contributed by atoms with Crippen LogP contribution in [-0.4, -0.2) is 41.4 Å². The molecule has 0 radical (unpaired) electrons. The largest absolute Gasteiger partial charge is 0.481 e. The summed E-state index contributed by atoms with van der Waals surface area (Å²) in [4.78, 5) is 14.5. The van der Waals surface area contributed by atoms with Crippen molar-refractivity contribution >= 4 is 27.3 Å². The minimum atomic E-state index is -3.65. The Bertz CT molecular complexity index is 522. The second-order valence-corrected chi connectivity index (χ2v) is 7.40. The van der Waals surface area contributed by atoms with Crippen molar-refractivity contribution in [3.05, 3.63) is 11.2 Å². The Balaban J connectivity index is 3.01. The van der Waals surface area contributed by atoms with E-state index in [1.807, 2.05) is 0 Å². The molecule has 1 aromatic heterocycles. The highest BCUT2D eigenvalue weighted by atomic mass is 32.2. The van der Waals surface area contributed by atoms with E-state index in [2.05, 4.69) is 4.98 Å². The average Bonchev–Trinajstić information content (AvgIpc) is 2.64. The summed E-state index contributed by atoms with van der Waals surface area (Å²) in [5.74, 6) is -1.02. The molecule has 0 aliphatic rings. The fraction of sp³-hybridized carbons (Fsp3) is 0.600. The molecule has 102 valence electrons. The summed E-state index contributed by atoms with van der Waals surface area (Å²) in [6.45, 7) is 5.12. The van der Waals surface area contributed by atoms with Crippen LogP contribution in [0.1, 0.15) is 25.3 Å². The molecule has 0 atom stereocenters. The average molecular weight is 292 g/mol. The second-order valence-electron chi connectivity index (χ2n) is 4.05.